The molecule has 0 aromatic carbocycles. The van der Waals surface area contributed by atoms with Crippen LogP contribution >= 0.6 is 0 Å². The highest BCUT2D eigenvalue weighted by atomic mass is 28.3. The van der Waals surface area contributed by atoms with Crippen LogP contribution in [0.15, 0.2) is 11.6 Å². The Morgan fingerprint density at radius 1 is 1.45 bits per heavy atom. The van der Waals surface area contributed by atoms with Crippen molar-refractivity contribution in [3.63, 3.8) is 0 Å². The van der Waals surface area contributed by atoms with Crippen LogP contribution in [0.3, 0.4) is 0 Å². The highest BCUT2D eigenvalue weighted by Crippen LogP contribution is 2.34. The van der Waals surface area contributed by atoms with E-state index < -0.39 is 8.07 Å². The van der Waals surface area contributed by atoms with Gasteiger partial charge in [-0.1, -0.05) is 25.7 Å². The normalized spacial score (nSPS) is 25.6. The van der Waals surface area contributed by atoms with Gasteiger partial charge in [0.15, 0.2) is 5.78 Å². The van der Waals surface area contributed by atoms with Crippen LogP contribution in [0, 0.1) is 0 Å². The van der Waals surface area contributed by atoms with Crippen LogP contribution < -0.4 is 0 Å². The van der Waals surface area contributed by atoms with Crippen LogP contribution in [-0.2, 0) is 4.79 Å². The van der Waals surface area contributed by atoms with Gasteiger partial charge in [0.25, 0.3) is 0 Å². The van der Waals surface area contributed by atoms with E-state index in [0.717, 1.165) is 12.0 Å². The molecule has 1 unspecified atom stereocenters. The Kier molecular flexibility index (Phi) is 2.05. The van der Waals surface area contributed by atoms with E-state index in [0.29, 0.717) is 11.3 Å². The third kappa shape index (κ3) is 1.80. The third-order valence-electron chi connectivity index (χ3n) is 2.41. The lowest BCUT2D eigenvalue weighted by Gasteiger charge is -2.21. The van der Waals surface area contributed by atoms with Crippen LogP contribution in [0.5, 0.6) is 0 Å². The van der Waals surface area contributed by atoms with Gasteiger partial charge in [0, 0.05) is 6.42 Å². The van der Waals surface area contributed by atoms with Crippen molar-refractivity contribution in [1.82, 2.24) is 0 Å². The van der Waals surface area contributed by atoms with Gasteiger partial charge >= 0.3 is 0 Å². The molecule has 1 nitrogen and oxygen atoms in total. The standard InChI is InChI=1S/C9H16OSi/c1-7-5-8(6-9(7)10)11(2,3)4/h5,8H,6H2,1-4H3. The number of Topliss-reactive ketones (excluding diaryl/α,β-unsaturated/α-hetero) is 1. The molecule has 0 bridgehead atoms. The van der Waals surface area contributed by atoms with Crippen LogP contribution in [0.25, 0.3) is 0 Å². The summed E-state index contributed by atoms with van der Waals surface area (Å²) in [4.78, 5) is 11.2. The molecule has 0 amide bonds. The Morgan fingerprint density at radius 2 is 2.00 bits per heavy atom. The summed E-state index contributed by atoms with van der Waals surface area (Å²) in [5, 5.41) is 0. The monoisotopic (exact) mass is 168 g/mol. The second-order valence-corrected chi connectivity index (χ2v) is 9.92. The molecule has 11 heavy (non-hydrogen) atoms. The molecule has 0 saturated carbocycles. The maximum Gasteiger partial charge on any atom is 0.158 e. The molecule has 1 rings (SSSR count). The first-order valence-electron chi connectivity index (χ1n) is 4.13. The first kappa shape index (κ1) is 8.72. The van der Waals surface area contributed by atoms with Crippen LogP contribution in [-0.4, -0.2) is 13.9 Å². The maximum absolute atomic E-state index is 11.2. The fraction of sp³-hybridized carbons (Fsp3) is 0.667. The molecule has 62 valence electrons. The molecule has 0 aromatic heterocycles. The van der Waals surface area contributed by atoms with E-state index in [-0.39, 0.29) is 0 Å². The SMILES string of the molecule is CC1=CC([Si](C)(C)C)CC1=O. The molecule has 2 heteroatoms. The Bertz CT molecular complexity index is 210. The topological polar surface area (TPSA) is 17.1 Å². The smallest absolute Gasteiger partial charge is 0.158 e. The molecule has 0 heterocycles. The van der Waals surface area contributed by atoms with Crippen molar-refractivity contribution in [2.24, 2.45) is 0 Å². The molecule has 1 aliphatic carbocycles. The maximum atomic E-state index is 11.2. The summed E-state index contributed by atoms with van der Waals surface area (Å²) in [6.07, 6.45) is 2.95. The minimum Gasteiger partial charge on any atom is -0.295 e. The van der Waals surface area contributed by atoms with Crippen molar-refractivity contribution in [3.8, 4) is 0 Å². The average molecular weight is 168 g/mol. The lowest BCUT2D eigenvalue weighted by Crippen LogP contribution is -2.26. The summed E-state index contributed by atoms with van der Waals surface area (Å²) in [5.41, 5.74) is 1.58. The van der Waals surface area contributed by atoms with E-state index in [1.54, 1.807) is 0 Å². The summed E-state index contributed by atoms with van der Waals surface area (Å²) in [7, 11) is -1.10. The number of ketones is 1. The fourth-order valence-corrected chi connectivity index (χ4v) is 2.92. The van der Waals surface area contributed by atoms with Crippen molar-refractivity contribution in [2.45, 2.75) is 38.5 Å². The number of carbonyl (C=O) groups is 1. The summed E-state index contributed by atoms with van der Waals surface area (Å²) >= 11 is 0. The Balaban J connectivity index is 2.76. The van der Waals surface area contributed by atoms with E-state index in [1.807, 2.05) is 6.92 Å². The summed E-state index contributed by atoms with van der Waals surface area (Å²) in [6, 6.07) is 0. The summed E-state index contributed by atoms with van der Waals surface area (Å²) < 4.78 is 0. The van der Waals surface area contributed by atoms with E-state index >= 15 is 0 Å². The fourth-order valence-electron chi connectivity index (χ4n) is 1.37. The summed E-state index contributed by atoms with van der Waals surface area (Å²) in [5.74, 6) is 0.359. The highest BCUT2D eigenvalue weighted by molar-refractivity contribution is 6.78. The van der Waals surface area contributed by atoms with Gasteiger partial charge in [-0.25, -0.2) is 0 Å². The van der Waals surface area contributed by atoms with E-state index in [1.165, 1.54) is 0 Å². The van der Waals surface area contributed by atoms with Crippen molar-refractivity contribution in [3.05, 3.63) is 11.6 Å². The first-order chi connectivity index (χ1) is 4.91. The van der Waals surface area contributed by atoms with Gasteiger partial charge in [0.05, 0.1) is 8.07 Å². The largest absolute Gasteiger partial charge is 0.295 e. The van der Waals surface area contributed by atoms with E-state index in [9.17, 15) is 4.79 Å². The molecule has 1 atom stereocenters. The molecular weight excluding hydrogens is 152 g/mol. The zero-order valence-corrected chi connectivity index (χ0v) is 8.77. The number of hydrogen-bond donors (Lipinski definition) is 0. The average Bonchev–Trinajstić information content (AvgIpc) is 2.11. The van der Waals surface area contributed by atoms with Crippen molar-refractivity contribution in [1.29, 1.82) is 0 Å². The molecule has 0 radical (unpaired) electrons. The lowest BCUT2D eigenvalue weighted by molar-refractivity contribution is -0.114. The predicted octanol–water partition coefficient (Wildman–Crippen LogP) is 2.61. The molecule has 0 aliphatic heterocycles. The molecule has 1 aliphatic rings. The van der Waals surface area contributed by atoms with Crippen molar-refractivity contribution in [2.75, 3.05) is 0 Å². The zero-order valence-electron chi connectivity index (χ0n) is 7.77. The predicted molar refractivity (Wildman–Crippen MR) is 50.5 cm³/mol. The first-order valence-corrected chi connectivity index (χ1v) is 7.70. The van der Waals surface area contributed by atoms with Gasteiger partial charge in [-0.05, 0) is 18.0 Å². The van der Waals surface area contributed by atoms with Crippen LogP contribution in [0.1, 0.15) is 13.3 Å². The minimum atomic E-state index is -1.10. The number of hydrogen-bond acceptors (Lipinski definition) is 1. The minimum absolute atomic E-state index is 0.359. The quantitative estimate of drug-likeness (QED) is 0.550. The second kappa shape index (κ2) is 2.59. The number of allylic oxidation sites excluding steroid dienone is 2. The van der Waals surface area contributed by atoms with Gasteiger partial charge in [0.1, 0.15) is 0 Å². The lowest BCUT2D eigenvalue weighted by atomic mass is 10.2. The van der Waals surface area contributed by atoms with Crippen LogP contribution in [0.4, 0.5) is 0 Å². The Morgan fingerprint density at radius 3 is 2.18 bits per heavy atom. The van der Waals surface area contributed by atoms with Gasteiger partial charge in [-0.15, -0.1) is 0 Å². The molecule has 0 fully saturated rings. The molecule has 0 aromatic rings. The molecule has 0 N–H and O–H groups in total. The van der Waals surface area contributed by atoms with E-state index in [4.69, 9.17) is 0 Å². The van der Waals surface area contributed by atoms with Gasteiger partial charge < -0.3 is 0 Å². The van der Waals surface area contributed by atoms with Gasteiger partial charge in [-0.3, -0.25) is 4.79 Å². The number of carbonyl (C=O) groups excluding carboxylic acids is 1. The number of rotatable bonds is 1. The van der Waals surface area contributed by atoms with Gasteiger partial charge in [0.2, 0.25) is 0 Å². The van der Waals surface area contributed by atoms with Crippen molar-refractivity contribution >= 4 is 13.9 Å². The highest BCUT2D eigenvalue weighted by Gasteiger charge is 2.31. The van der Waals surface area contributed by atoms with Crippen LogP contribution in [0.2, 0.25) is 25.2 Å². The van der Waals surface area contributed by atoms with Crippen molar-refractivity contribution < 1.29 is 4.79 Å². The second-order valence-electron chi connectivity index (χ2n) is 4.45. The Hall–Kier alpha value is -0.373. The third-order valence-corrected chi connectivity index (χ3v) is 5.00. The molecular formula is C9H16OSi. The van der Waals surface area contributed by atoms with E-state index in [2.05, 4.69) is 25.7 Å². The Labute approximate surface area is 69.5 Å². The molecule has 0 saturated heterocycles. The zero-order chi connectivity index (χ0) is 8.65. The molecule has 0 spiro atoms. The van der Waals surface area contributed by atoms with Gasteiger partial charge in [-0.2, -0.15) is 0 Å². The summed E-state index contributed by atoms with van der Waals surface area (Å²) in [6.45, 7) is 8.89.